The topological polar surface area (TPSA) is 159 Å². The number of thiazole rings is 1. The van der Waals surface area contributed by atoms with E-state index in [1.54, 1.807) is 19.2 Å². The molecule has 0 bridgehead atoms. The van der Waals surface area contributed by atoms with Crippen LogP contribution in [-0.4, -0.2) is 69.3 Å². The zero-order chi connectivity index (χ0) is 38.5. The van der Waals surface area contributed by atoms with Crippen LogP contribution in [0, 0.1) is 11.7 Å². The van der Waals surface area contributed by atoms with E-state index < -0.39 is 42.3 Å². The van der Waals surface area contributed by atoms with Gasteiger partial charge in [-0.05, 0) is 60.6 Å². The summed E-state index contributed by atoms with van der Waals surface area (Å²) in [5.74, 6) is -0.653. The molecule has 5 rings (SSSR count). The molecule has 0 radical (unpaired) electrons. The fraction of sp³-hybridized carbons (Fsp3) is 0.325. The summed E-state index contributed by atoms with van der Waals surface area (Å²) in [6.45, 7) is 3.73. The van der Waals surface area contributed by atoms with E-state index >= 15 is 0 Å². The Bertz CT molecular complexity index is 1910. The van der Waals surface area contributed by atoms with Crippen LogP contribution in [0.25, 0.3) is 10.6 Å². The van der Waals surface area contributed by atoms with Crippen LogP contribution in [0.3, 0.4) is 0 Å². The molecule has 0 fully saturated rings. The Kier molecular flexibility index (Phi) is 14.3. The normalized spacial score (nSPS) is 13.4. The maximum absolute atomic E-state index is 13.9. The number of nitrogens with one attached hydrogen (secondary N) is 3. The standard InChI is InChI=1S/C40H45FN6O6S/c1-26(2)36(46-39(50)47(3)22-32-24-54-38(44-32)29-14-16-30(41)17-15-29)37(49)43-31(18-27-10-6-4-7-11-27)20-35(48)34(19-28-12-8-5-9-13-28)45-40(51)52-23-33-21-42-25-53-33/h4-17,21,24-26,31,34-36,48H,18-20,22-23H2,1-3H3,(H,43,49)(H,45,51)(H,46,50)/t31-,34-,35-,36-/m0/s1. The Morgan fingerprint density at radius 2 is 1.59 bits per heavy atom. The largest absolute Gasteiger partial charge is 0.445 e. The predicted molar refractivity (Wildman–Crippen MR) is 203 cm³/mol. The van der Waals surface area contributed by atoms with Gasteiger partial charge in [0.1, 0.15) is 16.9 Å². The molecule has 14 heteroatoms. The molecule has 2 aromatic heterocycles. The molecule has 4 amide bonds. The molecule has 12 nitrogen and oxygen atoms in total. The third-order valence-electron chi connectivity index (χ3n) is 8.71. The Balaban J connectivity index is 1.26. The molecule has 2 heterocycles. The second-order valence-electron chi connectivity index (χ2n) is 13.4. The van der Waals surface area contributed by atoms with Crippen molar-refractivity contribution in [1.29, 1.82) is 0 Å². The predicted octanol–water partition coefficient (Wildman–Crippen LogP) is 6.12. The molecular weight excluding hydrogens is 712 g/mol. The van der Waals surface area contributed by atoms with Gasteiger partial charge >= 0.3 is 12.1 Å². The lowest BCUT2D eigenvalue weighted by Gasteiger charge is -2.30. The van der Waals surface area contributed by atoms with Crippen molar-refractivity contribution in [3.8, 4) is 10.6 Å². The van der Waals surface area contributed by atoms with Gasteiger partial charge in [-0.2, -0.15) is 0 Å². The van der Waals surface area contributed by atoms with Gasteiger partial charge in [0, 0.05) is 24.0 Å². The van der Waals surface area contributed by atoms with Crippen molar-refractivity contribution < 1.29 is 33.0 Å². The van der Waals surface area contributed by atoms with Gasteiger partial charge in [0.2, 0.25) is 5.91 Å². The summed E-state index contributed by atoms with van der Waals surface area (Å²) >= 11 is 1.39. The molecule has 0 saturated carbocycles. The van der Waals surface area contributed by atoms with Crippen molar-refractivity contribution in [2.75, 3.05) is 7.05 Å². The minimum atomic E-state index is -1.10. The lowest BCUT2D eigenvalue weighted by Crippen LogP contribution is -2.55. The lowest BCUT2D eigenvalue weighted by molar-refractivity contribution is -0.124. The van der Waals surface area contributed by atoms with Crippen LogP contribution < -0.4 is 16.0 Å². The van der Waals surface area contributed by atoms with Gasteiger partial charge in [-0.25, -0.2) is 23.9 Å². The number of aliphatic hydroxyl groups excluding tert-OH is 1. The number of benzene rings is 3. The second-order valence-corrected chi connectivity index (χ2v) is 14.2. The van der Waals surface area contributed by atoms with Gasteiger partial charge in [0.15, 0.2) is 18.8 Å². The maximum atomic E-state index is 13.9. The number of hydrogen-bond acceptors (Lipinski definition) is 9. The average Bonchev–Trinajstić information content (AvgIpc) is 3.86. The number of alkyl carbamates (subject to hydrolysis) is 1. The molecule has 4 N–H and O–H groups in total. The van der Waals surface area contributed by atoms with Crippen molar-refractivity contribution in [1.82, 2.24) is 30.8 Å². The van der Waals surface area contributed by atoms with E-state index in [0.29, 0.717) is 29.3 Å². The highest BCUT2D eigenvalue weighted by Crippen LogP contribution is 2.24. The molecule has 0 spiro atoms. The first-order valence-corrected chi connectivity index (χ1v) is 18.5. The number of hydrogen-bond donors (Lipinski definition) is 4. The molecule has 0 unspecified atom stereocenters. The molecule has 5 aromatic rings. The summed E-state index contributed by atoms with van der Waals surface area (Å²) in [5.41, 5.74) is 3.25. The van der Waals surface area contributed by atoms with E-state index in [9.17, 15) is 23.9 Å². The number of aromatic nitrogens is 2. The molecular formula is C40H45FN6O6S. The summed E-state index contributed by atoms with van der Waals surface area (Å²) in [6, 6.07) is 22.3. The van der Waals surface area contributed by atoms with Crippen molar-refractivity contribution >= 4 is 29.4 Å². The first-order valence-electron chi connectivity index (χ1n) is 17.6. The minimum absolute atomic E-state index is 0.0827. The van der Waals surface area contributed by atoms with Gasteiger partial charge in [-0.1, -0.05) is 74.5 Å². The Hall–Kier alpha value is -5.60. The van der Waals surface area contributed by atoms with Gasteiger partial charge < -0.3 is 35.1 Å². The fourth-order valence-corrected chi connectivity index (χ4v) is 6.65. The average molecular weight is 757 g/mol. The number of carbonyl (C=O) groups is 3. The summed E-state index contributed by atoms with van der Waals surface area (Å²) < 4.78 is 23.9. The van der Waals surface area contributed by atoms with Gasteiger partial charge in [0.05, 0.1) is 30.6 Å². The zero-order valence-electron chi connectivity index (χ0n) is 30.4. The van der Waals surface area contributed by atoms with E-state index in [2.05, 4.69) is 25.9 Å². The molecule has 54 heavy (non-hydrogen) atoms. The number of oxazole rings is 1. The highest BCUT2D eigenvalue weighted by Gasteiger charge is 2.31. The van der Waals surface area contributed by atoms with Gasteiger partial charge in [-0.3, -0.25) is 4.79 Å². The van der Waals surface area contributed by atoms with Gasteiger partial charge in [0.25, 0.3) is 0 Å². The SMILES string of the molecule is CC(C)[C@H](NC(=O)N(C)Cc1csc(-c2ccc(F)cc2)n1)C(=O)N[C@@H](Cc1ccccc1)C[C@H](O)[C@H](Cc1ccccc1)NC(=O)OCc1cnco1. The number of halogens is 1. The lowest BCUT2D eigenvalue weighted by atomic mass is 9.93. The summed E-state index contributed by atoms with van der Waals surface area (Å²) in [7, 11) is 1.62. The van der Waals surface area contributed by atoms with Crippen LogP contribution in [0.2, 0.25) is 0 Å². The van der Waals surface area contributed by atoms with Crippen LogP contribution in [0.15, 0.2) is 107 Å². The van der Waals surface area contributed by atoms with Crippen molar-refractivity contribution in [2.24, 2.45) is 5.92 Å². The van der Waals surface area contributed by atoms with Crippen LogP contribution in [-0.2, 0) is 35.5 Å². The highest BCUT2D eigenvalue weighted by molar-refractivity contribution is 7.13. The summed E-state index contributed by atoms with van der Waals surface area (Å²) in [5, 5.41) is 23.0. The molecule has 0 aliphatic heterocycles. The number of carbonyl (C=O) groups excluding carboxylic acids is 3. The summed E-state index contributed by atoms with van der Waals surface area (Å²) in [4.78, 5) is 50.1. The smallest absolute Gasteiger partial charge is 0.407 e. The van der Waals surface area contributed by atoms with Crippen LogP contribution in [0.5, 0.6) is 0 Å². The Morgan fingerprint density at radius 3 is 2.22 bits per heavy atom. The molecule has 284 valence electrons. The minimum Gasteiger partial charge on any atom is -0.445 e. The van der Waals surface area contributed by atoms with Crippen LogP contribution in [0.4, 0.5) is 14.0 Å². The number of amides is 4. The number of rotatable bonds is 17. The van der Waals surface area contributed by atoms with E-state index in [-0.39, 0.29) is 31.3 Å². The number of urea groups is 1. The van der Waals surface area contributed by atoms with Crippen LogP contribution >= 0.6 is 11.3 Å². The van der Waals surface area contributed by atoms with Crippen molar-refractivity contribution in [2.45, 2.75) is 70.5 Å². The van der Waals surface area contributed by atoms with Crippen LogP contribution in [0.1, 0.15) is 42.8 Å². The molecule has 0 saturated heterocycles. The van der Waals surface area contributed by atoms with E-state index in [0.717, 1.165) is 16.7 Å². The molecule has 3 aromatic carbocycles. The quantitative estimate of drug-likeness (QED) is 0.0884. The molecule has 0 aliphatic carbocycles. The zero-order valence-corrected chi connectivity index (χ0v) is 31.2. The third-order valence-corrected chi connectivity index (χ3v) is 9.65. The number of aliphatic hydroxyl groups is 1. The first-order chi connectivity index (χ1) is 26.0. The van der Waals surface area contributed by atoms with Crippen molar-refractivity contribution in [3.63, 3.8) is 0 Å². The van der Waals surface area contributed by atoms with Crippen molar-refractivity contribution in [3.05, 3.63) is 131 Å². The first kappa shape index (κ1) is 39.6. The maximum Gasteiger partial charge on any atom is 0.407 e. The fourth-order valence-electron chi connectivity index (χ4n) is 5.83. The number of nitrogens with zero attached hydrogens (tertiary/aromatic N) is 3. The van der Waals surface area contributed by atoms with Gasteiger partial charge in [-0.15, -0.1) is 11.3 Å². The number of ether oxygens (including phenoxy) is 1. The van der Waals surface area contributed by atoms with E-state index in [1.807, 2.05) is 79.9 Å². The Morgan fingerprint density at radius 1 is 0.926 bits per heavy atom. The Labute approximate surface area is 317 Å². The molecule has 0 aliphatic rings. The molecule has 4 atom stereocenters. The third kappa shape index (κ3) is 12.0. The summed E-state index contributed by atoms with van der Waals surface area (Å²) in [6.07, 6.45) is 1.60. The monoisotopic (exact) mass is 756 g/mol. The second kappa shape index (κ2) is 19.5. The highest BCUT2D eigenvalue weighted by atomic mass is 32.1. The van der Waals surface area contributed by atoms with E-state index in [1.165, 1.54) is 41.0 Å². The van der Waals surface area contributed by atoms with E-state index in [4.69, 9.17) is 9.15 Å².